The van der Waals surface area contributed by atoms with Crippen LogP contribution in [0.5, 0.6) is 11.5 Å². The van der Waals surface area contributed by atoms with E-state index in [4.69, 9.17) is 9.47 Å². The fraction of sp³-hybridized carbons (Fsp3) is 0.407. The second-order valence-electron chi connectivity index (χ2n) is 9.23. The second-order valence-corrected chi connectivity index (χ2v) is 9.23. The summed E-state index contributed by atoms with van der Waals surface area (Å²) in [6.45, 7) is 2.89. The monoisotopic (exact) mass is 461 g/mol. The maximum atomic E-state index is 13.4. The minimum Gasteiger partial charge on any atom is -0.454 e. The summed E-state index contributed by atoms with van der Waals surface area (Å²) >= 11 is 0. The third kappa shape index (κ3) is 4.88. The van der Waals surface area contributed by atoms with Crippen LogP contribution in [-0.4, -0.2) is 28.7 Å². The van der Waals surface area contributed by atoms with E-state index in [0.717, 1.165) is 48.6 Å². The summed E-state index contributed by atoms with van der Waals surface area (Å²) in [4.78, 5) is 31.0. The van der Waals surface area contributed by atoms with E-state index in [1.807, 2.05) is 36.4 Å². The molecule has 2 aliphatic rings. The Morgan fingerprint density at radius 1 is 1.00 bits per heavy atom. The quantitative estimate of drug-likeness (QED) is 0.549. The number of aromatic nitrogens is 1. The molecule has 0 spiro atoms. The van der Waals surface area contributed by atoms with E-state index in [-0.39, 0.29) is 31.0 Å². The number of pyridine rings is 1. The second kappa shape index (κ2) is 9.79. The van der Waals surface area contributed by atoms with Crippen molar-refractivity contribution in [1.29, 1.82) is 0 Å². The normalized spacial score (nSPS) is 15.4. The molecule has 0 unspecified atom stereocenters. The predicted molar refractivity (Wildman–Crippen MR) is 131 cm³/mol. The Bertz CT molecular complexity index is 1250. The SMILES string of the molecule is CCc1ccc2[nH]c(=O)c(CN(Cc3ccc4c(c3)OCO4)C(=O)NC3CCCCC3)cc2c1. The molecule has 1 aromatic heterocycles. The lowest BCUT2D eigenvalue weighted by Gasteiger charge is -2.28. The van der Waals surface area contributed by atoms with Gasteiger partial charge in [-0.2, -0.15) is 0 Å². The zero-order chi connectivity index (χ0) is 23.5. The van der Waals surface area contributed by atoms with Crippen LogP contribution in [0.25, 0.3) is 10.9 Å². The first-order chi connectivity index (χ1) is 16.6. The number of nitrogens with zero attached hydrogens (tertiary/aromatic N) is 1. The molecule has 2 heterocycles. The smallest absolute Gasteiger partial charge is 0.318 e. The highest BCUT2D eigenvalue weighted by molar-refractivity contribution is 5.80. The first-order valence-corrected chi connectivity index (χ1v) is 12.2. The highest BCUT2D eigenvalue weighted by Crippen LogP contribution is 2.33. The first kappa shape index (κ1) is 22.3. The maximum absolute atomic E-state index is 13.4. The molecule has 7 heteroatoms. The first-order valence-electron chi connectivity index (χ1n) is 12.2. The van der Waals surface area contributed by atoms with Crippen molar-refractivity contribution in [2.75, 3.05) is 6.79 Å². The summed E-state index contributed by atoms with van der Waals surface area (Å²) in [6.07, 6.45) is 6.41. The number of ether oxygens (including phenoxy) is 2. The van der Waals surface area contributed by atoms with Crippen molar-refractivity contribution in [2.45, 2.75) is 64.6 Å². The van der Waals surface area contributed by atoms with Gasteiger partial charge in [0.15, 0.2) is 11.5 Å². The Labute approximate surface area is 199 Å². The third-order valence-corrected chi connectivity index (χ3v) is 6.79. The van der Waals surface area contributed by atoms with Crippen molar-refractivity contribution in [3.8, 4) is 11.5 Å². The average Bonchev–Trinajstić information content (AvgIpc) is 3.32. The molecule has 2 aromatic carbocycles. The average molecular weight is 462 g/mol. The number of carbonyl (C=O) groups is 1. The number of nitrogens with one attached hydrogen (secondary N) is 2. The van der Waals surface area contributed by atoms with Gasteiger partial charge in [0.2, 0.25) is 6.79 Å². The Hall–Kier alpha value is -3.48. The number of urea groups is 1. The molecule has 34 heavy (non-hydrogen) atoms. The fourth-order valence-electron chi connectivity index (χ4n) is 4.82. The van der Waals surface area contributed by atoms with Gasteiger partial charge in [-0.1, -0.05) is 38.3 Å². The Morgan fingerprint density at radius 3 is 2.62 bits per heavy atom. The summed E-state index contributed by atoms with van der Waals surface area (Å²) in [7, 11) is 0. The lowest BCUT2D eigenvalue weighted by atomic mass is 9.96. The number of aromatic amines is 1. The van der Waals surface area contributed by atoms with Crippen LogP contribution in [0.4, 0.5) is 4.79 Å². The summed E-state index contributed by atoms with van der Waals surface area (Å²) < 4.78 is 10.9. The van der Waals surface area contributed by atoms with E-state index in [0.29, 0.717) is 23.6 Å². The zero-order valence-electron chi connectivity index (χ0n) is 19.6. The number of hydrogen-bond acceptors (Lipinski definition) is 4. The molecule has 1 aliphatic heterocycles. The van der Waals surface area contributed by atoms with Crippen LogP contribution in [0, 0.1) is 0 Å². The summed E-state index contributed by atoms with van der Waals surface area (Å²) in [5, 5.41) is 4.18. The molecular formula is C27H31N3O4. The molecule has 178 valence electrons. The van der Waals surface area contributed by atoms with Gasteiger partial charge in [0, 0.05) is 23.7 Å². The Balaban J connectivity index is 1.42. The van der Waals surface area contributed by atoms with Gasteiger partial charge < -0.3 is 24.7 Å². The highest BCUT2D eigenvalue weighted by Gasteiger charge is 2.22. The molecule has 3 aromatic rings. The molecule has 0 saturated heterocycles. The number of rotatable bonds is 6. The third-order valence-electron chi connectivity index (χ3n) is 6.79. The van der Waals surface area contributed by atoms with Crippen LogP contribution in [0.15, 0.2) is 47.3 Å². The van der Waals surface area contributed by atoms with Crippen molar-refractivity contribution >= 4 is 16.9 Å². The minimum absolute atomic E-state index is 0.147. The van der Waals surface area contributed by atoms with E-state index in [1.165, 1.54) is 12.0 Å². The number of amides is 2. The van der Waals surface area contributed by atoms with Gasteiger partial charge in [0.1, 0.15) is 0 Å². The Kier molecular flexibility index (Phi) is 6.43. The number of fused-ring (bicyclic) bond motifs is 2. The van der Waals surface area contributed by atoms with Gasteiger partial charge in [0.05, 0.1) is 6.54 Å². The summed E-state index contributed by atoms with van der Waals surface area (Å²) in [5.74, 6) is 1.39. The standard InChI is InChI=1S/C27H31N3O4/c1-2-18-8-10-23-20(12-18)14-21(26(31)29-23)16-30(27(32)28-22-6-4-3-5-7-22)15-19-9-11-24-25(13-19)34-17-33-24/h8-14,22H,2-7,15-17H2,1H3,(H,28,32)(H,29,31). The highest BCUT2D eigenvalue weighted by atomic mass is 16.7. The van der Waals surface area contributed by atoms with Crippen molar-refractivity contribution in [3.63, 3.8) is 0 Å². The van der Waals surface area contributed by atoms with Crippen LogP contribution in [0.2, 0.25) is 0 Å². The molecule has 2 amide bonds. The van der Waals surface area contributed by atoms with Crippen molar-refractivity contribution < 1.29 is 14.3 Å². The van der Waals surface area contributed by atoms with E-state index < -0.39 is 0 Å². The number of H-pyrrole nitrogens is 1. The van der Waals surface area contributed by atoms with Crippen molar-refractivity contribution in [1.82, 2.24) is 15.2 Å². The Morgan fingerprint density at radius 2 is 1.79 bits per heavy atom. The lowest BCUT2D eigenvalue weighted by molar-refractivity contribution is 0.173. The molecule has 2 N–H and O–H groups in total. The van der Waals surface area contributed by atoms with E-state index in [1.54, 1.807) is 4.90 Å². The number of carbonyl (C=O) groups excluding carboxylic acids is 1. The van der Waals surface area contributed by atoms with E-state index in [2.05, 4.69) is 23.3 Å². The van der Waals surface area contributed by atoms with Gasteiger partial charge in [-0.25, -0.2) is 4.79 Å². The molecule has 0 atom stereocenters. The zero-order valence-corrected chi connectivity index (χ0v) is 19.6. The van der Waals surface area contributed by atoms with Gasteiger partial charge in [-0.15, -0.1) is 0 Å². The van der Waals surface area contributed by atoms with E-state index >= 15 is 0 Å². The van der Waals surface area contributed by atoms with Crippen LogP contribution in [0.3, 0.4) is 0 Å². The predicted octanol–water partition coefficient (Wildman–Crippen LogP) is 4.86. The van der Waals surface area contributed by atoms with Gasteiger partial charge >= 0.3 is 6.03 Å². The van der Waals surface area contributed by atoms with Crippen molar-refractivity contribution in [3.05, 3.63) is 69.5 Å². The van der Waals surface area contributed by atoms with Crippen molar-refractivity contribution in [2.24, 2.45) is 0 Å². The van der Waals surface area contributed by atoms with Gasteiger partial charge in [0.25, 0.3) is 5.56 Å². The molecular weight excluding hydrogens is 430 g/mol. The number of aryl methyl sites for hydroxylation is 1. The molecule has 7 nitrogen and oxygen atoms in total. The molecule has 0 radical (unpaired) electrons. The molecule has 5 rings (SSSR count). The number of hydrogen-bond donors (Lipinski definition) is 2. The minimum atomic E-state index is -0.169. The lowest BCUT2D eigenvalue weighted by Crippen LogP contribution is -2.45. The maximum Gasteiger partial charge on any atom is 0.318 e. The fourth-order valence-corrected chi connectivity index (χ4v) is 4.82. The van der Waals surface area contributed by atoms with Gasteiger partial charge in [-0.3, -0.25) is 4.79 Å². The molecule has 1 aliphatic carbocycles. The largest absolute Gasteiger partial charge is 0.454 e. The van der Waals surface area contributed by atoms with Gasteiger partial charge in [-0.05, 0) is 66.1 Å². The van der Waals surface area contributed by atoms with Crippen LogP contribution < -0.4 is 20.3 Å². The topological polar surface area (TPSA) is 83.7 Å². The van der Waals surface area contributed by atoms with E-state index in [9.17, 15) is 9.59 Å². The number of benzene rings is 2. The molecule has 1 fully saturated rings. The van der Waals surface area contributed by atoms with Crippen LogP contribution >= 0.6 is 0 Å². The van der Waals surface area contributed by atoms with Crippen LogP contribution in [0.1, 0.15) is 55.7 Å². The van der Waals surface area contributed by atoms with Crippen LogP contribution in [-0.2, 0) is 19.5 Å². The molecule has 1 saturated carbocycles. The summed E-state index contributed by atoms with van der Waals surface area (Å²) in [6, 6.07) is 13.7. The molecule has 0 bridgehead atoms. The summed E-state index contributed by atoms with van der Waals surface area (Å²) in [5.41, 5.74) is 3.34.